The Hall–Kier alpha value is -1.02. The van der Waals surface area contributed by atoms with Gasteiger partial charge in [-0.05, 0) is 62.8 Å². The second kappa shape index (κ2) is 4.46. The maximum absolute atomic E-state index is 6.12. The minimum atomic E-state index is -0.0955. The van der Waals surface area contributed by atoms with Gasteiger partial charge in [0.15, 0.2) is 0 Å². The Labute approximate surface area is 97.8 Å². The Morgan fingerprint density at radius 2 is 1.88 bits per heavy atom. The highest BCUT2D eigenvalue weighted by molar-refractivity contribution is 5.34. The van der Waals surface area contributed by atoms with Crippen LogP contribution in [0, 0.1) is 13.8 Å². The summed E-state index contributed by atoms with van der Waals surface area (Å²) in [5.74, 6) is 0.968. The summed E-state index contributed by atoms with van der Waals surface area (Å²) in [7, 11) is 0. The summed E-state index contributed by atoms with van der Waals surface area (Å²) in [6.07, 6.45) is 4.66. The van der Waals surface area contributed by atoms with Crippen molar-refractivity contribution in [1.29, 1.82) is 0 Å². The van der Waals surface area contributed by atoms with Crippen molar-refractivity contribution >= 4 is 0 Å². The van der Waals surface area contributed by atoms with Crippen molar-refractivity contribution in [2.24, 2.45) is 5.73 Å². The lowest BCUT2D eigenvalue weighted by Crippen LogP contribution is -2.40. The molecule has 0 aromatic heterocycles. The third kappa shape index (κ3) is 2.22. The number of rotatable bonds is 3. The average Bonchev–Trinajstić information content (AvgIpc) is 2.73. The lowest BCUT2D eigenvalue weighted by Gasteiger charge is -2.29. The first-order chi connectivity index (χ1) is 7.65. The number of benzene rings is 1. The van der Waals surface area contributed by atoms with Crippen LogP contribution in [0.5, 0.6) is 5.75 Å². The highest BCUT2D eigenvalue weighted by atomic mass is 16.5. The lowest BCUT2D eigenvalue weighted by molar-refractivity contribution is 0.0852. The summed E-state index contributed by atoms with van der Waals surface area (Å²) in [5.41, 5.74) is 8.35. The second-order valence-corrected chi connectivity index (χ2v) is 4.94. The smallest absolute Gasteiger partial charge is 0.121 e. The van der Waals surface area contributed by atoms with Crippen LogP contribution in [-0.4, -0.2) is 12.1 Å². The molecule has 0 heterocycles. The van der Waals surface area contributed by atoms with Gasteiger partial charge in [-0.2, -0.15) is 0 Å². The molecule has 0 atom stereocenters. The van der Waals surface area contributed by atoms with E-state index in [1.807, 2.05) is 0 Å². The molecule has 1 aliphatic carbocycles. The Morgan fingerprint density at radius 1 is 1.19 bits per heavy atom. The van der Waals surface area contributed by atoms with Crippen molar-refractivity contribution in [1.82, 2.24) is 0 Å². The molecule has 1 fully saturated rings. The van der Waals surface area contributed by atoms with Gasteiger partial charge in [-0.3, -0.25) is 0 Å². The van der Waals surface area contributed by atoms with Crippen molar-refractivity contribution in [3.05, 3.63) is 29.3 Å². The van der Waals surface area contributed by atoms with Crippen molar-refractivity contribution in [2.75, 3.05) is 6.54 Å². The summed E-state index contributed by atoms with van der Waals surface area (Å²) in [4.78, 5) is 0. The predicted octanol–water partition coefficient (Wildman–Crippen LogP) is 2.95. The normalized spacial score (nSPS) is 18.7. The molecule has 0 radical (unpaired) electrons. The van der Waals surface area contributed by atoms with Crippen molar-refractivity contribution in [2.45, 2.75) is 45.1 Å². The molecule has 2 heteroatoms. The van der Waals surface area contributed by atoms with E-state index in [1.54, 1.807) is 0 Å². The van der Waals surface area contributed by atoms with Crippen LogP contribution in [-0.2, 0) is 0 Å². The van der Waals surface area contributed by atoms with E-state index in [1.165, 1.54) is 24.0 Å². The molecule has 1 aromatic rings. The fraction of sp³-hybridized carbons (Fsp3) is 0.571. The van der Waals surface area contributed by atoms with E-state index >= 15 is 0 Å². The molecule has 0 spiro atoms. The van der Waals surface area contributed by atoms with Crippen LogP contribution in [0.15, 0.2) is 18.2 Å². The first kappa shape index (κ1) is 11.5. The fourth-order valence-electron chi connectivity index (χ4n) is 2.39. The van der Waals surface area contributed by atoms with E-state index in [0.29, 0.717) is 6.54 Å². The van der Waals surface area contributed by atoms with E-state index in [-0.39, 0.29) is 5.60 Å². The van der Waals surface area contributed by atoms with E-state index in [2.05, 4.69) is 32.0 Å². The van der Waals surface area contributed by atoms with Gasteiger partial charge in [-0.1, -0.05) is 6.07 Å². The van der Waals surface area contributed by atoms with Crippen LogP contribution < -0.4 is 10.5 Å². The predicted molar refractivity (Wildman–Crippen MR) is 66.8 cm³/mol. The van der Waals surface area contributed by atoms with Gasteiger partial charge < -0.3 is 10.5 Å². The van der Waals surface area contributed by atoms with Crippen molar-refractivity contribution < 1.29 is 4.74 Å². The average molecular weight is 219 g/mol. The molecule has 0 amide bonds. The third-order valence-electron chi connectivity index (χ3n) is 3.70. The van der Waals surface area contributed by atoms with Gasteiger partial charge in [0, 0.05) is 6.54 Å². The quantitative estimate of drug-likeness (QED) is 0.848. The Kier molecular flexibility index (Phi) is 3.20. The summed E-state index contributed by atoms with van der Waals surface area (Å²) in [6, 6.07) is 6.28. The second-order valence-electron chi connectivity index (χ2n) is 4.94. The largest absolute Gasteiger partial charge is 0.486 e. The Morgan fingerprint density at radius 3 is 2.44 bits per heavy atom. The monoisotopic (exact) mass is 219 g/mol. The third-order valence-corrected chi connectivity index (χ3v) is 3.70. The summed E-state index contributed by atoms with van der Waals surface area (Å²) in [6.45, 7) is 4.86. The Balaban J connectivity index is 2.16. The minimum absolute atomic E-state index is 0.0955. The zero-order valence-electron chi connectivity index (χ0n) is 10.3. The van der Waals surface area contributed by atoms with Crippen molar-refractivity contribution in [3.63, 3.8) is 0 Å². The Bertz CT molecular complexity index is 367. The molecule has 0 unspecified atom stereocenters. The number of hydrogen-bond acceptors (Lipinski definition) is 2. The zero-order chi connectivity index (χ0) is 11.6. The highest BCUT2D eigenvalue weighted by Crippen LogP contribution is 2.34. The maximum atomic E-state index is 6.12. The first-order valence-corrected chi connectivity index (χ1v) is 6.12. The van der Waals surface area contributed by atoms with Crippen LogP contribution in [0.2, 0.25) is 0 Å². The van der Waals surface area contributed by atoms with Crippen LogP contribution in [0.4, 0.5) is 0 Å². The van der Waals surface area contributed by atoms with Crippen LogP contribution in [0.1, 0.15) is 36.8 Å². The standard InChI is InChI=1S/C14H21NO/c1-11-5-6-13(9-12(11)2)16-14(10-15)7-3-4-8-14/h5-6,9H,3-4,7-8,10,15H2,1-2H3. The SMILES string of the molecule is Cc1ccc(OC2(CN)CCCC2)cc1C. The molecule has 1 aliphatic rings. The van der Waals surface area contributed by atoms with Gasteiger partial charge in [0.25, 0.3) is 0 Å². The number of hydrogen-bond donors (Lipinski definition) is 1. The molecule has 2 N–H and O–H groups in total. The topological polar surface area (TPSA) is 35.2 Å². The van der Waals surface area contributed by atoms with Gasteiger partial charge in [0.1, 0.15) is 11.4 Å². The molecule has 1 saturated carbocycles. The van der Waals surface area contributed by atoms with Gasteiger partial charge >= 0.3 is 0 Å². The number of aryl methyl sites for hydroxylation is 2. The van der Waals surface area contributed by atoms with E-state index in [9.17, 15) is 0 Å². The molecule has 0 bridgehead atoms. The molecule has 0 aliphatic heterocycles. The zero-order valence-corrected chi connectivity index (χ0v) is 10.3. The van der Waals surface area contributed by atoms with E-state index < -0.39 is 0 Å². The van der Waals surface area contributed by atoms with Crippen LogP contribution >= 0.6 is 0 Å². The molecule has 88 valence electrons. The van der Waals surface area contributed by atoms with E-state index in [4.69, 9.17) is 10.5 Å². The van der Waals surface area contributed by atoms with Crippen molar-refractivity contribution in [3.8, 4) is 5.75 Å². The molecular weight excluding hydrogens is 198 g/mol. The van der Waals surface area contributed by atoms with Crippen LogP contribution in [0.25, 0.3) is 0 Å². The molecule has 0 saturated heterocycles. The maximum Gasteiger partial charge on any atom is 0.121 e. The summed E-state index contributed by atoms with van der Waals surface area (Å²) in [5, 5.41) is 0. The van der Waals surface area contributed by atoms with Crippen LogP contribution in [0.3, 0.4) is 0 Å². The molecule has 2 nitrogen and oxygen atoms in total. The fourth-order valence-corrected chi connectivity index (χ4v) is 2.39. The first-order valence-electron chi connectivity index (χ1n) is 6.12. The van der Waals surface area contributed by atoms with Gasteiger partial charge in [0.2, 0.25) is 0 Å². The molecule has 2 rings (SSSR count). The molecular formula is C14H21NO. The molecule has 1 aromatic carbocycles. The minimum Gasteiger partial charge on any atom is -0.486 e. The molecule has 16 heavy (non-hydrogen) atoms. The number of ether oxygens (including phenoxy) is 1. The van der Waals surface area contributed by atoms with Gasteiger partial charge in [0.05, 0.1) is 0 Å². The summed E-state index contributed by atoms with van der Waals surface area (Å²) >= 11 is 0. The van der Waals surface area contributed by atoms with Gasteiger partial charge in [-0.25, -0.2) is 0 Å². The highest BCUT2D eigenvalue weighted by Gasteiger charge is 2.34. The van der Waals surface area contributed by atoms with E-state index in [0.717, 1.165) is 18.6 Å². The van der Waals surface area contributed by atoms with Gasteiger partial charge in [-0.15, -0.1) is 0 Å². The lowest BCUT2D eigenvalue weighted by atomic mass is 10.0. The number of nitrogens with two attached hydrogens (primary N) is 1. The summed E-state index contributed by atoms with van der Waals surface area (Å²) < 4.78 is 6.12.